The second-order valence-corrected chi connectivity index (χ2v) is 14.7. The zero-order valence-corrected chi connectivity index (χ0v) is 34.4. The van der Waals surface area contributed by atoms with Crippen LogP contribution in [0.25, 0.3) is 94.9 Å². The SMILES string of the molecule is C1=Cc2c(cc(-c3cccc(-c4cc(-c5ccc(-c6cncc7ccccc67)cc5)nc(-c5cccc(-c6ccccc6)c5)n4)c3)c3ccccc23)CC1.CC.CCC. The predicted octanol–water partition coefficient (Wildman–Crippen LogP) is 15.6. The highest BCUT2D eigenvalue weighted by molar-refractivity contribution is 6.03. The molecule has 3 heteroatoms. The summed E-state index contributed by atoms with van der Waals surface area (Å²) in [5.41, 5.74) is 14.5. The van der Waals surface area contributed by atoms with Crippen LogP contribution in [-0.2, 0) is 6.42 Å². The molecule has 0 aliphatic heterocycles. The number of hydrogen-bond acceptors (Lipinski definition) is 3. The molecular formula is C56H49N3. The number of benzene rings is 7. The van der Waals surface area contributed by atoms with E-state index in [9.17, 15) is 0 Å². The zero-order chi connectivity index (χ0) is 40.6. The molecule has 0 fully saturated rings. The van der Waals surface area contributed by atoms with Crippen molar-refractivity contribution in [1.82, 2.24) is 15.0 Å². The molecule has 0 bridgehead atoms. The number of allylic oxidation sites excluding steroid dienone is 1. The van der Waals surface area contributed by atoms with Gasteiger partial charge in [-0.05, 0) is 92.2 Å². The van der Waals surface area contributed by atoms with Gasteiger partial charge in [-0.1, -0.05) is 186 Å². The molecule has 9 aromatic rings. The van der Waals surface area contributed by atoms with Gasteiger partial charge in [0.25, 0.3) is 0 Å². The van der Waals surface area contributed by atoms with Crippen molar-refractivity contribution in [2.24, 2.45) is 0 Å². The van der Waals surface area contributed by atoms with Crippen molar-refractivity contribution in [2.45, 2.75) is 47.0 Å². The molecule has 1 aliphatic rings. The van der Waals surface area contributed by atoms with Crippen molar-refractivity contribution in [3.05, 3.63) is 193 Å². The van der Waals surface area contributed by atoms with E-state index in [2.05, 4.69) is 189 Å². The summed E-state index contributed by atoms with van der Waals surface area (Å²) in [6, 6.07) is 58.3. The molecule has 3 nitrogen and oxygen atoms in total. The van der Waals surface area contributed by atoms with E-state index in [1.807, 2.05) is 32.3 Å². The van der Waals surface area contributed by atoms with Crippen LogP contribution in [0.5, 0.6) is 0 Å². The van der Waals surface area contributed by atoms with E-state index < -0.39 is 0 Å². The van der Waals surface area contributed by atoms with Crippen LogP contribution in [0.4, 0.5) is 0 Å². The van der Waals surface area contributed by atoms with Gasteiger partial charge in [-0.3, -0.25) is 4.98 Å². The van der Waals surface area contributed by atoms with Gasteiger partial charge in [0.1, 0.15) is 0 Å². The number of nitrogens with zero attached hydrogens (tertiary/aromatic N) is 3. The number of aryl methyl sites for hydroxylation is 1. The first kappa shape index (κ1) is 38.9. The predicted molar refractivity (Wildman–Crippen MR) is 252 cm³/mol. The van der Waals surface area contributed by atoms with Crippen LogP contribution in [0.2, 0.25) is 0 Å². The Balaban J connectivity index is 0.000000928. The van der Waals surface area contributed by atoms with E-state index in [-0.39, 0.29) is 0 Å². The zero-order valence-electron chi connectivity index (χ0n) is 34.4. The summed E-state index contributed by atoms with van der Waals surface area (Å²) in [5, 5.41) is 4.89. The molecule has 59 heavy (non-hydrogen) atoms. The fourth-order valence-corrected chi connectivity index (χ4v) is 7.89. The average Bonchev–Trinajstić information content (AvgIpc) is 3.32. The van der Waals surface area contributed by atoms with Crippen molar-refractivity contribution in [3.8, 4) is 67.3 Å². The van der Waals surface area contributed by atoms with Crippen LogP contribution in [0.3, 0.4) is 0 Å². The molecule has 10 rings (SSSR count). The van der Waals surface area contributed by atoms with Gasteiger partial charge in [-0.15, -0.1) is 0 Å². The minimum absolute atomic E-state index is 0.694. The van der Waals surface area contributed by atoms with Gasteiger partial charge < -0.3 is 0 Å². The molecule has 0 amide bonds. The third kappa shape index (κ3) is 8.24. The van der Waals surface area contributed by atoms with Crippen LogP contribution >= 0.6 is 0 Å². The third-order valence-corrected chi connectivity index (χ3v) is 10.6. The van der Waals surface area contributed by atoms with E-state index in [4.69, 9.17) is 9.97 Å². The van der Waals surface area contributed by atoms with E-state index in [1.165, 1.54) is 44.8 Å². The summed E-state index contributed by atoms with van der Waals surface area (Å²) in [6.45, 7) is 8.25. The Morgan fingerprint density at radius 2 is 1.05 bits per heavy atom. The van der Waals surface area contributed by atoms with Crippen LogP contribution in [-0.4, -0.2) is 15.0 Å². The standard InChI is InChI=1S/C51H35N3.C3H8.C2H6/c1-2-12-34(13-3-1)37-16-10-19-41(28-37)51-53-49(36-26-24-35(25-27-36)48-33-52-32-42-15-5-7-21-44(42)48)31-50(54-51)40-18-11-17-38(29-40)47-30-39-14-4-6-20-43(39)45-22-8-9-23-46(45)47;1-3-2;1-2/h1-3,5-13,15-33H,4,14H2;3H2,1-2H3;1-2H3. The Hall–Kier alpha value is -6.97. The second kappa shape index (κ2) is 18.1. The summed E-state index contributed by atoms with van der Waals surface area (Å²) in [7, 11) is 0. The van der Waals surface area contributed by atoms with E-state index >= 15 is 0 Å². The second-order valence-electron chi connectivity index (χ2n) is 14.7. The normalized spacial score (nSPS) is 11.6. The maximum atomic E-state index is 5.27. The topological polar surface area (TPSA) is 38.7 Å². The van der Waals surface area contributed by atoms with Crippen molar-refractivity contribution in [2.75, 3.05) is 0 Å². The van der Waals surface area contributed by atoms with Gasteiger partial charge in [0.05, 0.1) is 11.4 Å². The van der Waals surface area contributed by atoms with Gasteiger partial charge in [-0.25, -0.2) is 9.97 Å². The largest absolute Gasteiger partial charge is 0.263 e. The average molecular weight is 764 g/mol. The third-order valence-electron chi connectivity index (χ3n) is 10.6. The van der Waals surface area contributed by atoms with Crippen LogP contribution in [0.15, 0.2) is 182 Å². The highest BCUT2D eigenvalue weighted by Gasteiger charge is 2.16. The number of aromatic nitrogens is 3. The first-order valence-corrected chi connectivity index (χ1v) is 21.0. The number of hydrogen-bond donors (Lipinski definition) is 0. The Kier molecular flexibility index (Phi) is 11.9. The van der Waals surface area contributed by atoms with Gasteiger partial charge in [0, 0.05) is 40.0 Å². The minimum Gasteiger partial charge on any atom is -0.263 e. The number of pyridine rings is 1. The molecule has 0 radical (unpaired) electrons. The quantitative estimate of drug-likeness (QED) is 0.169. The summed E-state index contributed by atoms with van der Waals surface area (Å²) in [4.78, 5) is 15.0. The van der Waals surface area contributed by atoms with E-state index in [1.54, 1.807) is 0 Å². The van der Waals surface area contributed by atoms with Crippen molar-refractivity contribution in [3.63, 3.8) is 0 Å². The van der Waals surface area contributed by atoms with Gasteiger partial charge in [0.15, 0.2) is 5.82 Å². The monoisotopic (exact) mass is 763 g/mol. The molecule has 0 N–H and O–H groups in total. The molecule has 1 aliphatic carbocycles. The van der Waals surface area contributed by atoms with Gasteiger partial charge in [-0.2, -0.15) is 0 Å². The molecule has 0 saturated heterocycles. The maximum Gasteiger partial charge on any atom is 0.160 e. The Bertz CT molecular complexity index is 2880. The van der Waals surface area contributed by atoms with Crippen LogP contribution in [0.1, 0.15) is 51.7 Å². The summed E-state index contributed by atoms with van der Waals surface area (Å²) >= 11 is 0. The minimum atomic E-state index is 0.694. The molecule has 0 atom stereocenters. The Morgan fingerprint density at radius 3 is 1.83 bits per heavy atom. The first-order chi connectivity index (χ1) is 29.2. The number of fused-ring (bicyclic) bond motifs is 4. The highest BCUT2D eigenvalue weighted by atomic mass is 14.9. The lowest BCUT2D eigenvalue weighted by molar-refractivity contribution is 0.990. The van der Waals surface area contributed by atoms with Crippen molar-refractivity contribution >= 4 is 27.6 Å². The summed E-state index contributed by atoms with van der Waals surface area (Å²) in [5.74, 6) is 0.694. The number of rotatable bonds is 6. The first-order valence-electron chi connectivity index (χ1n) is 21.0. The van der Waals surface area contributed by atoms with E-state index in [0.717, 1.165) is 68.6 Å². The lowest BCUT2D eigenvalue weighted by Gasteiger charge is -2.18. The van der Waals surface area contributed by atoms with Crippen LogP contribution in [0, 0.1) is 0 Å². The van der Waals surface area contributed by atoms with E-state index in [0.29, 0.717) is 5.82 Å². The Labute approximate surface area is 348 Å². The smallest absolute Gasteiger partial charge is 0.160 e. The van der Waals surface area contributed by atoms with Crippen LogP contribution < -0.4 is 0 Å². The molecule has 2 aromatic heterocycles. The maximum absolute atomic E-state index is 5.27. The van der Waals surface area contributed by atoms with Crippen molar-refractivity contribution in [1.29, 1.82) is 0 Å². The lowest BCUT2D eigenvalue weighted by Crippen LogP contribution is -1.98. The molecule has 7 aromatic carbocycles. The summed E-state index contributed by atoms with van der Waals surface area (Å²) in [6.07, 6.45) is 11.8. The van der Waals surface area contributed by atoms with Gasteiger partial charge in [0.2, 0.25) is 0 Å². The molecule has 0 unspecified atom stereocenters. The lowest BCUT2D eigenvalue weighted by atomic mass is 9.87. The fourth-order valence-electron chi connectivity index (χ4n) is 7.89. The Morgan fingerprint density at radius 1 is 0.458 bits per heavy atom. The fraction of sp³-hybridized carbons (Fsp3) is 0.125. The molecule has 288 valence electrons. The molecular weight excluding hydrogens is 715 g/mol. The molecule has 2 heterocycles. The molecule has 0 spiro atoms. The summed E-state index contributed by atoms with van der Waals surface area (Å²) < 4.78 is 0. The van der Waals surface area contributed by atoms with Gasteiger partial charge >= 0.3 is 0 Å². The highest BCUT2D eigenvalue weighted by Crippen LogP contribution is 2.38. The van der Waals surface area contributed by atoms with Crippen molar-refractivity contribution < 1.29 is 0 Å². The molecule has 0 saturated carbocycles.